The topological polar surface area (TPSA) is 50.4 Å². The number of furan rings is 1. The van der Waals surface area contributed by atoms with Crippen LogP contribution in [-0.4, -0.2) is 11.1 Å². The standard InChI is InChI=1S/C14H16O3/c1-9-6-10-4-5-11(7-12(10)17-9)14(2,3)8-13(15)16/h4-7H,8H2,1-3H3,(H,15,16). The molecule has 0 radical (unpaired) electrons. The third-order valence-corrected chi connectivity index (χ3v) is 3.02. The van der Waals surface area contributed by atoms with Gasteiger partial charge in [-0.2, -0.15) is 0 Å². The summed E-state index contributed by atoms with van der Waals surface area (Å²) in [6.07, 6.45) is 0.109. The maximum absolute atomic E-state index is 10.8. The van der Waals surface area contributed by atoms with Crippen LogP contribution in [-0.2, 0) is 10.2 Å². The highest BCUT2D eigenvalue weighted by atomic mass is 16.4. The van der Waals surface area contributed by atoms with Crippen molar-refractivity contribution >= 4 is 16.9 Å². The second-order valence-electron chi connectivity index (χ2n) is 5.06. The summed E-state index contributed by atoms with van der Waals surface area (Å²) >= 11 is 0. The highest BCUT2D eigenvalue weighted by Gasteiger charge is 2.24. The molecule has 0 saturated heterocycles. The van der Waals surface area contributed by atoms with E-state index in [1.54, 1.807) is 0 Å². The van der Waals surface area contributed by atoms with Crippen molar-refractivity contribution in [3.8, 4) is 0 Å². The third-order valence-electron chi connectivity index (χ3n) is 3.02. The lowest BCUT2D eigenvalue weighted by molar-refractivity contribution is -0.138. The van der Waals surface area contributed by atoms with Crippen LogP contribution >= 0.6 is 0 Å². The molecule has 17 heavy (non-hydrogen) atoms. The Morgan fingerprint density at radius 3 is 2.71 bits per heavy atom. The number of carboxylic acid groups (broad SMARTS) is 1. The van der Waals surface area contributed by atoms with Gasteiger partial charge in [0.2, 0.25) is 0 Å². The van der Waals surface area contributed by atoms with Gasteiger partial charge in [-0.05, 0) is 24.6 Å². The first kappa shape index (κ1) is 11.7. The number of fused-ring (bicyclic) bond motifs is 1. The molecule has 90 valence electrons. The van der Waals surface area contributed by atoms with Gasteiger partial charge in [-0.3, -0.25) is 4.79 Å². The molecule has 1 aromatic carbocycles. The summed E-state index contributed by atoms with van der Waals surface area (Å²) in [7, 11) is 0. The van der Waals surface area contributed by atoms with Crippen molar-refractivity contribution in [1.29, 1.82) is 0 Å². The number of carbonyl (C=O) groups is 1. The molecule has 0 saturated carbocycles. The number of hydrogen-bond donors (Lipinski definition) is 1. The van der Waals surface area contributed by atoms with E-state index in [4.69, 9.17) is 9.52 Å². The molecule has 0 amide bonds. The fraction of sp³-hybridized carbons (Fsp3) is 0.357. The fourth-order valence-corrected chi connectivity index (χ4v) is 2.06. The van der Waals surface area contributed by atoms with Crippen molar-refractivity contribution in [3.63, 3.8) is 0 Å². The van der Waals surface area contributed by atoms with Crippen LogP contribution in [0.15, 0.2) is 28.7 Å². The molecular formula is C14H16O3. The Kier molecular flexibility index (Phi) is 2.69. The summed E-state index contributed by atoms with van der Waals surface area (Å²) in [5.74, 6) is 0.0823. The molecule has 1 heterocycles. The minimum atomic E-state index is -0.786. The van der Waals surface area contributed by atoms with Gasteiger partial charge in [0.25, 0.3) is 0 Å². The second kappa shape index (κ2) is 3.91. The summed E-state index contributed by atoms with van der Waals surface area (Å²) in [5, 5.41) is 9.96. The quantitative estimate of drug-likeness (QED) is 0.881. The Hall–Kier alpha value is -1.77. The Balaban J connectivity index is 2.44. The van der Waals surface area contributed by atoms with Crippen molar-refractivity contribution in [2.24, 2.45) is 0 Å². The first-order valence-corrected chi connectivity index (χ1v) is 5.61. The number of hydrogen-bond acceptors (Lipinski definition) is 2. The predicted molar refractivity (Wildman–Crippen MR) is 66.2 cm³/mol. The zero-order chi connectivity index (χ0) is 12.6. The molecule has 0 aliphatic heterocycles. The summed E-state index contributed by atoms with van der Waals surface area (Å²) in [4.78, 5) is 10.8. The second-order valence-corrected chi connectivity index (χ2v) is 5.06. The summed E-state index contributed by atoms with van der Waals surface area (Å²) < 4.78 is 5.56. The van der Waals surface area contributed by atoms with E-state index in [1.807, 2.05) is 45.0 Å². The minimum absolute atomic E-state index is 0.109. The van der Waals surface area contributed by atoms with Gasteiger partial charge in [0.15, 0.2) is 0 Å². The molecule has 0 bridgehead atoms. The van der Waals surface area contributed by atoms with E-state index in [9.17, 15) is 4.79 Å². The van der Waals surface area contributed by atoms with Gasteiger partial charge in [0, 0.05) is 10.8 Å². The van der Waals surface area contributed by atoms with Crippen LogP contribution in [0.4, 0.5) is 0 Å². The number of rotatable bonds is 3. The van der Waals surface area contributed by atoms with E-state index in [0.29, 0.717) is 0 Å². The van der Waals surface area contributed by atoms with Gasteiger partial charge >= 0.3 is 5.97 Å². The average molecular weight is 232 g/mol. The molecule has 2 rings (SSSR count). The molecule has 0 fully saturated rings. The van der Waals surface area contributed by atoms with Gasteiger partial charge in [0.05, 0.1) is 6.42 Å². The summed E-state index contributed by atoms with van der Waals surface area (Å²) in [6.45, 7) is 5.76. The van der Waals surface area contributed by atoms with Crippen LogP contribution in [0.25, 0.3) is 11.0 Å². The zero-order valence-electron chi connectivity index (χ0n) is 10.3. The van der Waals surface area contributed by atoms with E-state index in [1.165, 1.54) is 0 Å². The Morgan fingerprint density at radius 2 is 2.06 bits per heavy atom. The van der Waals surface area contributed by atoms with Gasteiger partial charge in [-0.15, -0.1) is 0 Å². The maximum atomic E-state index is 10.8. The van der Waals surface area contributed by atoms with Crippen LogP contribution in [0.3, 0.4) is 0 Å². The van der Waals surface area contributed by atoms with E-state index in [-0.39, 0.29) is 11.8 Å². The average Bonchev–Trinajstić information content (AvgIpc) is 2.54. The Morgan fingerprint density at radius 1 is 1.35 bits per heavy atom. The lowest BCUT2D eigenvalue weighted by Gasteiger charge is -2.22. The molecule has 2 aromatic rings. The number of aryl methyl sites for hydroxylation is 1. The van der Waals surface area contributed by atoms with Crippen LogP contribution < -0.4 is 0 Å². The lowest BCUT2D eigenvalue weighted by atomic mass is 9.81. The molecule has 1 N–H and O–H groups in total. The van der Waals surface area contributed by atoms with Crippen LogP contribution in [0.5, 0.6) is 0 Å². The van der Waals surface area contributed by atoms with Crippen molar-refractivity contribution in [3.05, 3.63) is 35.6 Å². The van der Waals surface area contributed by atoms with E-state index in [2.05, 4.69) is 0 Å². The van der Waals surface area contributed by atoms with E-state index >= 15 is 0 Å². The van der Waals surface area contributed by atoms with Gasteiger partial charge in [-0.1, -0.05) is 26.0 Å². The number of aliphatic carboxylic acids is 1. The highest BCUT2D eigenvalue weighted by Crippen LogP contribution is 2.30. The fourth-order valence-electron chi connectivity index (χ4n) is 2.06. The van der Waals surface area contributed by atoms with Crippen molar-refractivity contribution in [2.75, 3.05) is 0 Å². The molecule has 3 nitrogen and oxygen atoms in total. The lowest BCUT2D eigenvalue weighted by Crippen LogP contribution is -2.21. The smallest absolute Gasteiger partial charge is 0.304 e. The molecule has 0 spiro atoms. The first-order valence-electron chi connectivity index (χ1n) is 5.61. The monoisotopic (exact) mass is 232 g/mol. The predicted octanol–water partition coefficient (Wildman–Crippen LogP) is 3.49. The summed E-state index contributed by atoms with van der Waals surface area (Å²) in [5.41, 5.74) is 1.42. The minimum Gasteiger partial charge on any atom is -0.481 e. The zero-order valence-corrected chi connectivity index (χ0v) is 10.3. The van der Waals surface area contributed by atoms with E-state index < -0.39 is 5.97 Å². The summed E-state index contributed by atoms with van der Waals surface area (Å²) in [6, 6.07) is 7.86. The molecule has 0 unspecified atom stereocenters. The molecule has 0 atom stereocenters. The van der Waals surface area contributed by atoms with Crippen LogP contribution in [0.2, 0.25) is 0 Å². The van der Waals surface area contributed by atoms with Gasteiger partial charge < -0.3 is 9.52 Å². The van der Waals surface area contributed by atoms with Crippen molar-refractivity contribution in [2.45, 2.75) is 32.6 Å². The third kappa shape index (κ3) is 2.33. The Bertz CT molecular complexity index is 564. The molecule has 3 heteroatoms. The normalized spacial score (nSPS) is 11.9. The molecular weight excluding hydrogens is 216 g/mol. The van der Waals surface area contributed by atoms with Crippen LogP contribution in [0, 0.1) is 6.92 Å². The van der Waals surface area contributed by atoms with Gasteiger partial charge in [-0.25, -0.2) is 0 Å². The number of benzene rings is 1. The van der Waals surface area contributed by atoms with Crippen LogP contribution in [0.1, 0.15) is 31.6 Å². The van der Waals surface area contributed by atoms with Crippen molar-refractivity contribution < 1.29 is 14.3 Å². The Labute approximate surface area is 100 Å². The highest BCUT2D eigenvalue weighted by molar-refractivity contribution is 5.79. The molecule has 1 aromatic heterocycles. The van der Waals surface area contributed by atoms with Gasteiger partial charge in [0.1, 0.15) is 11.3 Å². The first-order chi connectivity index (χ1) is 7.88. The molecule has 0 aliphatic rings. The SMILES string of the molecule is Cc1cc2ccc(C(C)(C)CC(=O)O)cc2o1. The largest absolute Gasteiger partial charge is 0.481 e. The maximum Gasteiger partial charge on any atom is 0.304 e. The van der Waals surface area contributed by atoms with E-state index in [0.717, 1.165) is 22.3 Å². The van der Waals surface area contributed by atoms with Crippen molar-refractivity contribution in [1.82, 2.24) is 0 Å². The number of carboxylic acids is 1. The molecule has 0 aliphatic carbocycles.